The van der Waals surface area contributed by atoms with Gasteiger partial charge in [0, 0.05) is 35.7 Å². The van der Waals surface area contributed by atoms with Crippen LogP contribution in [0.1, 0.15) is 31.4 Å². The van der Waals surface area contributed by atoms with E-state index in [1.165, 1.54) is 0 Å². The lowest BCUT2D eigenvalue weighted by molar-refractivity contribution is -0.206. The minimum atomic E-state index is -5.35. The van der Waals surface area contributed by atoms with Gasteiger partial charge in [-0.2, -0.15) is 13.2 Å². The number of hydrogen-bond donors (Lipinski definition) is 3. The molecule has 1 amide bonds. The van der Waals surface area contributed by atoms with E-state index in [9.17, 15) is 40.0 Å². The summed E-state index contributed by atoms with van der Waals surface area (Å²) < 4.78 is 99.1. The molecular formula is C26H31F5IN3O5S. The minimum absolute atomic E-state index is 0.0175. The summed E-state index contributed by atoms with van der Waals surface area (Å²) in [4.78, 5) is 24.5. The number of sulfonamides is 1. The third-order valence-electron chi connectivity index (χ3n) is 5.45. The molecule has 0 saturated heterocycles. The molecular weight excluding hydrogens is 688 g/mol. The van der Waals surface area contributed by atoms with E-state index in [2.05, 4.69) is 37.9 Å². The van der Waals surface area contributed by atoms with Gasteiger partial charge in [-0.15, -0.1) is 0 Å². The van der Waals surface area contributed by atoms with E-state index in [1.807, 2.05) is 12.1 Å². The lowest BCUT2D eigenvalue weighted by Crippen LogP contribution is -2.52. The van der Waals surface area contributed by atoms with Crippen LogP contribution in [0.15, 0.2) is 42.5 Å². The van der Waals surface area contributed by atoms with Crippen molar-refractivity contribution in [2.45, 2.75) is 51.6 Å². The van der Waals surface area contributed by atoms with Crippen LogP contribution in [0.4, 0.5) is 22.0 Å². The number of alkyl halides is 3. The van der Waals surface area contributed by atoms with Crippen molar-refractivity contribution in [3.05, 3.63) is 68.8 Å². The number of ether oxygens (including phenoxy) is 1. The Hall–Kier alpha value is -2.37. The van der Waals surface area contributed by atoms with Gasteiger partial charge in [-0.25, -0.2) is 26.7 Å². The molecule has 15 heteroatoms. The van der Waals surface area contributed by atoms with E-state index in [4.69, 9.17) is 4.74 Å². The number of esters is 1. The molecule has 2 aromatic carbocycles. The maximum absolute atomic E-state index is 13.9. The van der Waals surface area contributed by atoms with E-state index < -0.39 is 64.7 Å². The van der Waals surface area contributed by atoms with Crippen molar-refractivity contribution in [2.24, 2.45) is 5.92 Å². The van der Waals surface area contributed by atoms with Crippen molar-refractivity contribution in [1.29, 1.82) is 0 Å². The van der Waals surface area contributed by atoms with Crippen molar-refractivity contribution in [3.8, 4) is 0 Å². The van der Waals surface area contributed by atoms with Gasteiger partial charge in [0.15, 0.2) is 0 Å². The average molecular weight is 720 g/mol. The van der Waals surface area contributed by atoms with Crippen molar-refractivity contribution >= 4 is 44.5 Å². The van der Waals surface area contributed by atoms with Gasteiger partial charge in [0.1, 0.15) is 17.7 Å². The highest BCUT2D eigenvalue weighted by molar-refractivity contribution is 14.1. The maximum atomic E-state index is 13.9. The lowest BCUT2D eigenvalue weighted by Gasteiger charge is -2.29. The molecule has 2 atom stereocenters. The van der Waals surface area contributed by atoms with Crippen LogP contribution < -0.4 is 15.4 Å². The first-order chi connectivity index (χ1) is 19.0. The van der Waals surface area contributed by atoms with Crippen LogP contribution >= 0.6 is 22.6 Å². The molecule has 0 saturated carbocycles. The first-order valence-electron chi connectivity index (χ1n) is 12.5. The molecule has 0 aliphatic rings. The average Bonchev–Trinajstić information content (AvgIpc) is 2.80. The van der Waals surface area contributed by atoms with Gasteiger partial charge in [0.05, 0.1) is 11.8 Å². The number of halogens is 6. The monoisotopic (exact) mass is 719 g/mol. The SMILES string of the molecule is CC(C)CS(=O)(=O)NCCC(=O)N[C@@H](Cc1cc(F)cc(F)c1)[C@@H](CNCc1cccc(I)c1)OC(=O)C(F)(F)F. The molecule has 0 aliphatic carbocycles. The summed E-state index contributed by atoms with van der Waals surface area (Å²) in [7, 11) is -3.67. The van der Waals surface area contributed by atoms with Crippen LogP contribution in [0.3, 0.4) is 0 Å². The standard InChI is InChI=1S/C26H31F5IN3O5S/c1-16(2)15-41(38,39)34-7-6-24(36)35-22(11-18-8-19(27)12-20(28)9-18)23(40-25(37)26(29,30)31)14-33-13-17-4-3-5-21(32)10-17/h3-5,8-10,12,16,22-23,33-34H,6-7,11,13-15H2,1-2H3,(H,35,36)/t22-,23+/m0/s1. The maximum Gasteiger partial charge on any atom is 0.490 e. The summed E-state index contributed by atoms with van der Waals surface area (Å²) in [6, 6.07) is 8.30. The second-order valence-corrected chi connectivity index (χ2v) is 12.8. The number of rotatable bonds is 15. The van der Waals surface area contributed by atoms with Gasteiger partial charge in [-0.05, 0) is 70.3 Å². The normalized spacial score (nSPS) is 13.6. The molecule has 8 nitrogen and oxygen atoms in total. The van der Waals surface area contributed by atoms with Gasteiger partial charge in [0.25, 0.3) is 0 Å². The first-order valence-corrected chi connectivity index (χ1v) is 15.2. The zero-order valence-corrected chi connectivity index (χ0v) is 25.2. The minimum Gasteiger partial charge on any atom is -0.452 e. The number of carbonyl (C=O) groups is 2. The quantitative estimate of drug-likeness (QED) is 0.147. The van der Waals surface area contributed by atoms with Crippen LogP contribution in [-0.2, 0) is 37.3 Å². The summed E-state index contributed by atoms with van der Waals surface area (Å²) in [5, 5.41) is 5.33. The van der Waals surface area contributed by atoms with E-state index in [0.29, 0.717) is 6.07 Å². The molecule has 228 valence electrons. The molecule has 0 radical (unpaired) electrons. The molecule has 0 spiro atoms. The van der Waals surface area contributed by atoms with Gasteiger partial charge in [0.2, 0.25) is 15.9 Å². The van der Waals surface area contributed by atoms with Crippen molar-refractivity contribution in [1.82, 2.24) is 15.4 Å². The molecule has 41 heavy (non-hydrogen) atoms. The molecule has 0 aliphatic heterocycles. The highest BCUT2D eigenvalue weighted by Crippen LogP contribution is 2.20. The molecule has 0 unspecified atom stereocenters. The third-order valence-corrected chi connectivity index (χ3v) is 7.87. The number of nitrogens with one attached hydrogen (secondary N) is 3. The summed E-state index contributed by atoms with van der Waals surface area (Å²) in [5.74, 6) is -5.55. The Labute approximate surface area is 249 Å². The van der Waals surface area contributed by atoms with E-state index >= 15 is 0 Å². The Balaban J connectivity index is 2.26. The molecule has 0 aromatic heterocycles. The van der Waals surface area contributed by atoms with Crippen LogP contribution in [0.25, 0.3) is 0 Å². The van der Waals surface area contributed by atoms with Crippen molar-refractivity contribution in [3.63, 3.8) is 0 Å². The molecule has 2 aromatic rings. The molecule has 2 rings (SSSR count). The van der Waals surface area contributed by atoms with Crippen LogP contribution in [-0.4, -0.2) is 57.5 Å². The summed E-state index contributed by atoms with van der Waals surface area (Å²) in [5.41, 5.74) is 0.760. The zero-order chi connectivity index (χ0) is 30.8. The van der Waals surface area contributed by atoms with E-state index in [1.54, 1.807) is 26.0 Å². The topological polar surface area (TPSA) is 114 Å². The predicted molar refractivity (Wildman–Crippen MR) is 150 cm³/mol. The fraction of sp³-hybridized carbons (Fsp3) is 0.462. The van der Waals surface area contributed by atoms with Crippen LogP contribution in [0, 0.1) is 21.1 Å². The summed E-state index contributed by atoms with van der Waals surface area (Å²) in [6.07, 6.45) is -7.77. The first kappa shape index (κ1) is 34.8. The number of hydrogen-bond acceptors (Lipinski definition) is 6. The Morgan fingerprint density at radius 1 is 1.02 bits per heavy atom. The lowest BCUT2D eigenvalue weighted by atomic mass is 10.00. The number of benzene rings is 2. The van der Waals surface area contributed by atoms with Gasteiger partial charge >= 0.3 is 12.1 Å². The Morgan fingerprint density at radius 3 is 2.27 bits per heavy atom. The molecule has 0 heterocycles. The van der Waals surface area contributed by atoms with Crippen molar-refractivity contribution < 1.29 is 44.7 Å². The van der Waals surface area contributed by atoms with Crippen molar-refractivity contribution in [2.75, 3.05) is 18.8 Å². The fourth-order valence-corrected chi connectivity index (χ4v) is 5.85. The van der Waals surface area contributed by atoms with Gasteiger partial charge in [-0.1, -0.05) is 26.0 Å². The molecule has 0 bridgehead atoms. The smallest absolute Gasteiger partial charge is 0.452 e. The zero-order valence-electron chi connectivity index (χ0n) is 22.2. The summed E-state index contributed by atoms with van der Waals surface area (Å²) >= 11 is 2.08. The molecule has 3 N–H and O–H groups in total. The van der Waals surface area contributed by atoms with E-state index in [0.717, 1.165) is 21.3 Å². The van der Waals surface area contributed by atoms with Gasteiger partial charge < -0.3 is 15.4 Å². The fourth-order valence-electron chi connectivity index (χ4n) is 3.83. The highest BCUT2D eigenvalue weighted by atomic mass is 127. The Bertz CT molecular complexity index is 1270. The molecule has 0 fully saturated rings. The summed E-state index contributed by atoms with van der Waals surface area (Å²) in [6.45, 7) is 2.89. The second-order valence-electron chi connectivity index (χ2n) is 9.68. The number of carbonyl (C=O) groups excluding carboxylic acids is 2. The van der Waals surface area contributed by atoms with Crippen LogP contribution in [0.5, 0.6) is 0 Å². The third kappa shape index (κ3) is 13.4. The van der Waals surface area contributed by atoms with Gasteiger partial charge in [-0.3, -0.25) is 4.79 Å². The highest BCUT2D eigenvalue weighted by Gasteiger charge is 2.43. The number of amides is 1. The largest absolute Gasteiger partial charge is 0.490 e. The predicted octanol–water partition coefficient (Wildman–Crippen LogP) is 3.83. The Kier molecular flexibility index (Phi) is 13.4. The second kappa shape index (κ2) is 15.7. The Morgan fingerprint density at radius 2 is 1.68 bits per heavy atom. The van der Waals surface area contributed by atoms with E-state index in [-0.39, 0.29) is 36.9 Å². The van der Waals surface area contributed by atoms with Crippen LogP contribution in [0.2, 0.25) is 0 Å².